The number of hydrogen-bond acceptors (Lipinski definition) is 4. The van der Waals surface area contributed by atoms with E-state index in [0.29, 0.717) is 29.6 Å². The van der Waals surface area contributed by atoms with E-state index in [2.05, 4.69) is 20.8 Å². The summed E-state index contributed by atoms with van der Waals surface area (Å²) in [5.41, 5.74) is 0.817. The van der Waals surface area contributed by atoms with Crippen LogP contribution in [0.5, 0.6) is 0 Å². The van der Waals surface area contributed by atoms with Crippen molar-refractivity contribution in [2.45, 2.75) is 71.8 Å². The number of unbranched alkanes of at least 4 members (excludes halogenated alkanes) is 3. The molecule has 0 spiro atoms. The van der Waals surface area contributed by atoms with Gasteiger partial charge in [-0.3, -0.25) is 0 Å². The van der Waals surface area contributed by atoms with Gasteiger partial charge in [0.05, 0.1) is 17.7 Å². The second kappa shape index (κ2) is 10.3. The Kier molecular flexibility index (Phi) is 8.14. The van der Waals surface area contributed by atoms with Crippen molar-refractivity contribution in [1.29, 1.82) is 0 Å². The third-order valence-electron chi connectivity index (χ3n) is 5.39. The molecule has 0 amide bonds. The lowest BCUT2D eigenvalue weighted by atomic mass is 9.80. The van der Waals surface area contributed by atoms with Crippen molar-refractivity contribution in [2.24, 2.45) is 11.8 Å². The van der Waals surface area contributed by atoms with Gasteiger partial charge in [-0.25, -0.2) is 9.59 Å². The second-order valence-corrected chi connectivity index (χ2v) is 7.57. The van der Waals surface area contributed by atoms with Crippen LogP contribution in [-0.4, -0.2) is 24.6 Å². The highest BCUT2D eigenvalue weighted by molar-refractivity contribution is 5.95. The summed E-state index contributed by atoms with van der Waals surface area (Å²) >= 11 is 0. The third kappa shape index (κ3) is 6.15. The number of benzene rings is 1. The minimum absolute atomic E-state index is 0.0251. The highest BCUT2D eigenvalue weighted by Crippen LogP contribution is 2.31. The predicted octanol–water partition coefficient (Wildman–Crippen LogP) is 5.41. The van der Waals surface area contributed by atoms with Gasteiger partial charge in [-0.05, 0) is 55.7 Å². The Morgan fingerprint density at radius 2 is 1.73 bits per heavy atom. The zero-order chi connectivity index (χ0) is 18.9. The van der Waals surface area contributed by atoms with E-state index in [9.17, 15) is 9.59 Å². The van der Waals surface area contributed by atoms with Crippen molar-refractivity contribution in [1.82, 2.24) is 0 Å². The smallest absolute Gasteiger partial charge is 0.338 e. The molecule has 1 aromatic carbocycles. The molecule has 0 aromatic heterocycles. The Balaban J connectivity index is 1.87. The van der Waals surface area contributed by atoms with Crippen molar-refractivity contribution in [3.05, 3.63) is 35.4 Å². The molecule has 0 radical (unpaired) electrons. The number of ether oxygens (including phenoxy) is 2. The number of carbonyl (C=O) groups excluding carboxylic acids is 2. The van der Waals surface area contributed by atoms with E-state index in [1.165, 1.54) is 0 Å². The topological polar surface area (TPSA) is 52.6 Å². The summed E-state index contributed by atoms with van der Waals surface area (Å²) in [4.78, 5) is 24.6. The van der Waals surface area contributed by atoms with Gasteiger partial charge < -0.3 is 9.47 Å². The van der Waals surface area contributed by atoms with E-state index in [0.717, 1.165) is 44.9 Å². The van der Waals surface area contributed by atoms with Crippen LogP contribution in [0.2, 0.25) is 0 Å². The summed E-state index contributed by atoms with van der Waals surface area (Å²) in [7, 11) is 0. The molecule has 0 N–H and O–H groups in total. The van der Waals surface area contributed by atoms with Gasteiger partial charge in [-0.15, -0.1) is 0 Å². The standard InChI is InChI=1S/C22H32O4/c1-4-5-6-7-13-25-21(23)18-9-8-10-19(15-18)22(24)26-20-12-11-16(2)17(3)14-20/h8-10,15-17,20H,4-7,11-14H2,1-3H3. The zero-order valence-electron chi connectivity index (χ0n) is 16.3. The maximum Gasteiger partial charge on any atom is 0.338 e. The van der Waals surface area contributed by atoms with Gasteiger partial charge in [0, 0.05) is 0 Å². The van der Waals surface area contributed by atoms with Gasteiger partial charge >= 0.3 is 11.9 Å². The van der Waals surface area contributed by atoms with E-state index in [1.807, 2.05) is 0 Å². The van der Waals surface area contributed by atoms with Gasteiger partial charge in [-0.2, -0.15) is 0 Å². The van der Waals surface area contributed by atoms with Gasteiger partial charge in [0.2, 0.25) is 0 Å². The van der Waals surface area contributed by atoms with Crippen LogP contribution in [0.1, 0.15) is 86.4 Å². The molecule has 0 aliphatic heterocycles. The van der Waals surface area contributed by atoms with Gasteiger partial charge in [0.15, 0.2) is 0 Å². The number of hydrogen-bond donors (Lipinski definition) is 0. The molecule has 2 rings (SSSR count). The largest absolute Gasteiger partial charge is 0.462 e. The zero-order valence-corrected chi connectivity index (χ0v) is 16.3. The van der Waals surface area contributed by atoms with Crippen LogP contribution in [0, 0.1) is 11.8 Å². The normalized spacial score (nSPS) is 22.7. The Hall–Kier alpha value is -1.84. The Bertz CT molecular complexity index is 596. The van der Waals surface area contributed by atoms with E-state index < -0.39 is 0 Å². The fraction of sp³-hybridized carbons (Fsp3) is 0.636. The van der Waals surface area contributed by atoms with E-state index in [-0.39, 0.29) is 18.0 Å². The van der Waals surface area contributed by atoms with Crippen molar-refractivity contribution in [3.63, 3.8) is 0 Å². The maximum atomic E-state index is 12.4. The Morgan fingerprint density at radius 1 is 1.00 bits per heavy atom. The molecule has 144 valence electrons. The van der Waals surface area contributed by atoms with Crippen LogP contribution in [0.4, 0.5) is 0 Å². The molecule has 1 aliphatic carbocycles. The summed E-state index contributed by atoms with van der Waals surface area (Å²) in [6.07, 6.45) is 7.12. The SMILES string of the molecule is CCCCCCOC(=O)c1cccc(C(=O)OC2CCC(C)C(C)C2)c1. The molecule has 1 saturated carbocycles. The van der Waals surface area contributed by atoms with Gasteiger partial charge in [0.1, 0.15) is 6.10 Å². The van der Waals surface area contributed by atoms with Crippen LogP contribution >= 0.6 is 0 Å². The second-order valence-electron chi connectivity index (χ2n) is 7.57. The van der Waals surface area contributed by atoms with Crippen molar-refractivity contribution in [2.75, 3.05) is 6.61 Å². The van der Waals surface area contributed by atoms with Crippen LogP contribution in [0.3, 0.4) is 0 Å². The van der Waals surface area contributed by atoms with Crippen LogP contribution in [-0.2, 0) is 9.47 Å². The first-order valence-corrected chi connectivity index (χ1v) is 9.99. The summed E-state index contributed by atoms with van der Waals surface area (Å²) in [5, 5.41) is 0. The number of carbonyl (C=O) groups is 2. The first-order valence-electron chi connectivity index (χ1n) is 9.99. The van der Waals surface area contributed by atoms with Gasteiger partial charge in [0.25, 0.3) is 0 Å². The molecule has 4 heteroatoms. The summed E-state index contributed by atoms with van der Waals surface area (Å²) in [5.74, 6) is 0.515. The highest BCUT2D eigenvalue weighted by Gasteiger charge is 2.27. The number of rotatable bonds is 8. The molecule has 0 saturated heterocycles. The van der Waals surface area contributed by atoms with Gasteiger partial charge in [-0.1, -0.05) is 46.1 Å². The molecule has 4 nitrogen and oxygen atoms in total. The molecule has 3 unspecified atom stereocenters. The average molecular weight is 360 g/mol. The number of esters is 2. The van der Waals surface area contributed by atoms with Crippen LogP contribution < -0.4 is 0 Å². The first-order chi connectivity index (χ1) is 12.5. The molecule has 0 bridgehead atoms. The molecule has 1 aliphatic rings. The minimum atomic E-state index is -0.378. The van der Waals surface area contributed by atoms with E-state index in [4.69, 9.17) is 9.47 Å². The van der Waals surface area contributed by atoms with Crippen molar-refractivity contribution < 1.29 is 19.1 Å². The fourth-order valence-corrected chi connectivity index (χ4v) is 3.37. The van der Waals surface area contributed by atoms with E-state index >= 15 is 0 Å². The van der Waals surface area contributed by atoms with Crippen molar-refractivity contribution in [3.8, 4) is 0 Å². The summed E-state index contributed by atoms with van der Waals surface area (Å²) in [6.45, 7) is 7.03. The summed E-state index contributed by atoms with van der Waals surface area (Å²) < 4.78 is 11.0. The Labute approximate surface area is 157 Å². The lowest BCUT2D eigenvalue weighted by Gasteiger charge is -2.31. The Morgan fingerprint density at radius 3 is 2.42 bits per heavy atom. The highest BCUT2D eigenvalue weighted by atomic mass is 16.5. The molecule has 3 atom stereocenters. The molecule has 1 aromatic rings. The predicted molar refractivity (Wildman–Crippen MR) is 102 cm³/mol. The third-order valence-corrected chi connectivity index (χ3v) is 5.39. The lowest BCUT2D eigenvalue weighted by molar-refractivity contribution is 0.00878. The molecule has 26 heavy (non-hydrogen) atoms. The molecule has 0 heterocycles. The van der Waals surface area contributed by atoms with Crippen LogP contribution in [0.15, 0.2) is 24.3 Å². The first kappa shape index (κ1) is 20.5. The maximum absolute atomic E-state index is 12.4. The van der Waals surface area contributed by atoms with E-state index in [1.54, 1.807) is 24.3 Å². The molecular weight excluding hydrogens is 328 g/mol. The quantitative estimate of drug-likeness (QED) is 0.460. The lowest BCUT2D eigenvalue weighted by Crippen LogP contribution is -2.28. The molecule has 1 fully saturated rings. The van der Waals surface area contributed by atoms with Crippen molar-refractivity contribution >= 4 is 11.9 Å². The molecular formula is C22H32O4. The minimum Gasteiger partial charge on any atom is -0.462 e. The summed E-state index contributed by atoms with van der Waals surface area (Å²) in [6, 6.07) is 6.65. The fourth-order valence-electron chi connectivity index (χ4n) is 3.37. The average Bonchev–Trinajstić information content (AvgIpc) is 2.64. The monoisotopic (exact) mass is 360 g/mol. The van der Waals surface area contributed by atoms with Crippen LogP contribution in [0.25, 0.3) is 0 Å².